The van der Waals surface area contributed by atoms with Crippen LogP contribution in [0.4, 0.5) is 5.69 Å². The molecule has 1 aliphatic heterocycles. The molecule has 0 unspecified atom stereocenters. The van der Waals surface area contributed by atoms with E-state index in [0.717, 1.165) is 26.2 Å². The Bertz CT molecular complexity index is 308. The molecule has 82 valence electrons. The molecule has 3 heteroatoms. The summed E-state index contributed by atoms with van der Waals surface area (Å²) in [6.07, 6.45) is 0. The van der Waals surface area contributed by atoms with Crippen LogP contribution in [0.15, 0.2) is 24.3 Å². The average Bonchev–Trinajstić information content (AvgIpc) is 2.31. The van der Waals surface area contributed by atoms with Crippen molar-refractivity contribution in [3.8, 4) is 0 Å². The van der Waals surface area contributed by atoms with Crippen LogP contribution in [-0.2, 0) is 11.3 Å². The Hall–Kier alpha value is -1.06. The summed E-state index contributed by atoms with van der Waals surface area (Å²) in [5.74, 6) is 0. The standard InChI is InChI=1S/C12H18N2O/c1-15-10-11-3-2-4-12(9-11)14-7-5-13-6-8-14/h2-4,9,13H,5-8,10H2,1H3. The molecule has 0 spiro atoms. The number of hydrogen-bond donors (Lipinski definition) is 1. The minimum Gasteiger partial charge on any atom is -0.380 e. The minimum atomic E-state index is 0.694. The van der Waals surface area contributed by atoms with E-state index in [1.165, 1.54) is 11.3 Å². The van der Waals surface area contributed by atoms with Crippen molar-refractivity contribution in [2.75, 3.05) is 38.2 Å². The van der Waals surface area contributed by atoms with Crippen molar-refractivity contribution >= 4 is 5.69 Å². The van der Waals surface area contributed by atoms with Gasteiger partial charge < -0.3 is 15.0 Å². The van der Waals surface area contributed by atoms with Gasteiger partial charge >= 0.3 is 0 Å². The van der Waals surface area contributed by atoms with Gasteiger partial charge in [-0.1, -0.05) is 12.1 Å². The molecular weight excluding hydrogens is 188 g/mol. The maximum atomic E-state index is 5.14. The van der Waals surface area contributed by atoms with E-state index in [1.807, 2.05) is 0 Å². The molecule has 2 rings (SSSR count). The lowest BCUT2D eigenvalue weighted by atomic mass is 10.2. The topological polar surface area (TPSA) is 24.5 Å². The van der Waals surface area contributed by atoms with E-state index in [-0.39, 0.29) is 0 Å². The SMILES string of the molecule is COCc1cccc(N2CCNCC2)c1. The molecular formula is C12H18N2O. The summed E-state index contributed by atoms with van der Waals surface area (Å²) >= 11 is 0. The third-order valence-electron chi connectivity index (χ3n) is 2.70. The number of piperazine rings is 1. The molecule has 0 saturated carbocycles. The number of benzene rings is 1. The maximum absolute atomic E-state index is 5.14. The molecule has 1 heterocycles. The van der Waals surface area contributed by atoms with Gasteiger partial charge in [-0.25, -0.2) is 0 Å². The Morgan fingerprint density at radius 1 is 1.33 bits per heavy atom. The van der Waals surface area contributed by atoms with Gasteiger partial charge in [0, 0.05) is 39.0 Å². The summed E-state index contributed by atoms with van der Waals surface area (Å²) in [5, 5.41) is 3.36. The smallest absolute Gasteiger partial charge is 0.0713 e. The zero-order valence-electron chi connectivity index (χ0n) is 9.20. The molecule has 1 N–H and O–H groups in total. The van der Waals surface area contributed by atoms with E-state index in [9.17, 15) is 0 Å². The first-order chi connectivity index (χ1) is 7.40. The van der Waals surface area contributed by atoms with E-state index in [2.05, 4.69) is 34.5 Å². The van der Waals surface area contributed by atoms with Crippen molar-refractivity contribution < 1.29 is 4.74 Å². The fourth-order valence-corrected chi connectivity index (χ4v) is 1.93. The van der Waals surface area contributed by atoms with Gasteiger partial charge in [-0.05, 0) is 17.7 Å². The average molecular weight is 206 g/mol. The Morgan fingerprint density at radius 3 is 2.87 bits per heavy atom. The van der Waals surface area contributed by atoms with Crippen molar-refractivity contribution in [2.24, 2.45) is 0 Å². The summed E-state index contributed by atoms with van der Waals surface area (Å²) in [7, 11) is 1.73. The van der Waals surface area contributed by atoms with Gasteiger partial charge in [0.15, 0.2) is 0 Å². The van der Waals surface area contributed by atoms with E-state index in [0.29, 0.717) is 6.61 Å². The molecule has 1 saturated heterocycles. The van der Waals surface area contributed by atoms with Crippen LogP contribution in [0.3, 0.4) is 0 Å². The second-order valence-electron chi connectivity index (χ2n) is 3.84. The molecule has 0 amide bonds. The minimum absolute atomic E-state index is 0.694. The Morgan fingerprint density at radius 2 is 2.13 bits per heavy atom. The predicted octanol–water partition coefficient (Wildman–Crippen LogP) is 1.24. The number of methoxy groups -OCH3 is 1. The van der Waals surface area contributed by atoms with Crippen molar-refractivity contribution in [2.45, 2.75) is 6.61 Å². The van der Waals surface area contributed by atoms with Gasteiger partial charge in [0.25, 0.3) is 0 Å². The molecule has 1 aliphatic rings. The van der Waals surface area contributed by atoms with Crippen LogP contribution in [-0.4, -0.2) is 33.3 Å². The number of rotatable bonds is 3. The fraction of sp³-hybridized carbons (Fsp3) is 0.500. The number of hydrogen-bond acceptors (Lipinski definition) is 3. The Labute approximate surface area is 91.0 Å². The maximum Gasteiger partial charge on any atom is 0.0713 e. The van der Waals surface area contributed by atoms with Gasteiger partial charge in [-0.3, -0.25) is 0 Å². The molecule has 15 heavy (non-hydrogen) atoms. The van der Waals surface area contributed by atoms with Gasteiger partial charge in [0.2, 0.25) is 0 Å². The van der Waals surface area contributed by atoms with Gasteiger partial charge in [-0.2, -0.15) is 0 Å². The number of ether oxygens (including phenoxy) is 1. The largest absolute Gasteiger partial charge is 0.380 e. The summed E-state index contributed by atoms with van der Waals surface area (Å²) in [6, 6.07) is 8.60. The van der Waals surface area contributed by atoms with Crippen LogP contribution in [0.5, 0.6) is 0 Å². The first-order valence-corrected chi connectivity index (χ1v) is 5.44. The van der Waals surface area contributed by atoms with Crippen LogP contribution in [0, 0.1) is 0 Å². The van der Waals surface area contributed by atoms with E-state index in [4.69, 9.17) is 4.74 Å². The van der Waals surface area contributed by atoms with Crippen LogP contribution in [0.2, 0.25) is 0 Å². The lowest BCUT2D eigenvalue weighted by Gasteiger charge is -2.29. The highest BCUT2D eigenvalue weighted by atomic mass is 16.5. The summed E-state index contributed by atoms with van der Waals surface area (Å²) in [5.41, 5.74) is 2.56. The first-order valence-electron chi connectivity index (χ1n) is 5.44. The summed E-state index contributed by atoms with van der Waals surface area (Å²) in [4.78, 5) is 2.41. The van der Waals surface area contributed by atoms with Crippen molar-refractivity contribution in [3.63, 3.8) is 0 Å². The Kier molecular flexibility index (Phi) is 3.59. The molecule has 0 bridgehead atoms. The highest BCUT2D eigenvalue weighted by Gasteiger charge is 2.10. The first kappa shape index (κ1) is 10.5. The van der Waals surface area contributed by atoms with E-state index < -0.39 is 0 Å². The quantitative estimate of drug-likeness (QED) is 0.805. The monoisotopic (exact) mass is 206 g/mol. The zero-order chi connectivity index (χ0) is 10.5. The highest BCUT2D eigenvalue weighted by Crippen LogP contribution is 2.17. The van der Waals surface area contributed by atoms with Gasteiger partial charge in [0.05, 0.1) is 6.61 Å². The number of nitrogens with one attached hydrogen (secondary N) is 1. The molecule has 1 aromatic carbocycles. The molecule has 0 radical (unpaired) electrons. The summed E-state index contributed by atoms with van der Waals surface area (Å²) < 4.78 is 5.14. The normalized spacial score (nSPS) is 16.7. The molecule has 1 fully saturated rings. The third-order valence-corrected chi connectivity index (χ3v) is 2.70. The van der Waals surface area contributed by atoms with Crippen molar-refractivity contribution in [1.29, 1.82) is 0 Å². The van der Waals surface area contributed by atoms with Crippen LogP contribution >= 0.6 is 0 Å². The third kappa shape index (κ3) is 2.70. The highest BCUT2D eigenvalue weighted by molar-refractivity contribution is 5.48. The van der Waals surface area contributed by atoms with Crippen molar-refractivity contribution in [3.05, 3.63) is 29.8 Å². The van der Waals surface area contributed by atoms with Crippen LogP contribution < -0.4 is 10.2 Å². The molecule has 1 aromatic rings. The molecule has 0 aliphatic carbocycles. The lowest BCUT2D eigenvalue weighted by Crippen LogP contribution is -2.43. The fourth-order valence-electron chi connectivity index (χ4n) is 1.93. The van der Waals surface area contributed by atoms with Crippen LogP contribution in [0.25, 0.3) is 0 Å². The zero-order valence-corrected chi connectivity index (χ0v) is 9.20. The predicted molar refractivity (Wildman–Crippen MR) is 62.2 cm³/mol. The Balaban J connectivity index is 2.09. The molecule has 3 nitrogen and oxygen atoms in total. The van der Waals surface area contributed by atoms with Gasteiger partial charge in [0.1, 0.15) is 0 Å². The van der Waals surface area contributed by atoms with E-state index in [1.54, 1.807) is 7.11 Å². The molecule has 0 aromatic heterocycles. The lowest BCUT2D eigenvalue weighted by molar-refractivity contribution is 0.185. The number of anilines is 1. The summed E-state index contributed by atoms with van der Waals surface area (Å²) in [6.45, 7) is 5.04. The van der Waals surface area contributed by atoms with Crippen molar-refractivity contribution in [1.82, 2.24) is 5.32 Å². The number of nitrogens with zero attached hydrogens (tertiary/aromatic N) is 1. The molecule has 0 atom stereocenters. The second kappa shape index (κ2) is 5.14. The van der Waals surface area contributed by atoms with E-state index >= 15 is 0 Å². The second-order valence-corrected chi connectivity index (χ2v) is 3.84. The van der Waals surface area contributed by atoms with Crippen LogP contribution in [0.1, 0.15) is 5.56 Å². The van der Waals surface area contributed by atoms with Gasteiger partial charge in [-0.15, -0.1) is 0 Å².